The van der Waals surface area contributed by atoms with Crippen molar-refractivity contribution in [2.24, 2.45) is 23.7 Å². The number of nitrogens with one attached hydrogen (secondary N) is 1. The number of hydrazine groups is 2. The van der Waals surface area contributed by atoms with Gasteiger partial charge in [-0.3, -0.25) is 29.6 Å². The van der Waals surface area contributed by atoms with Crippen molar-refractivity contribution in [2.75, 3.05) is 30.7 Å². The molecule has 2 saturated heterocycles. The summed E-state index contributed by atoms with van der Waals surface area (Å²) in [4.78, 5) is 62.7. The van der Waals surface area contributed by atoms with E-state index in [1.165, 1.54) is 7.05 Å². The van der Waals surface area contributed by atoms with Crippen molar-refractivity contribution >= 4 is 46.7 Å². The lowest BCUT2D eigenvalue weighted by Gasteiger charge is -2.50. The van der Waals surface area contributed by atoms with E-state index in [0.29, 0.717) is 34.2 Å². The number of nitrogens with zero attached hydrogens (tertiary/aromatic N) is 4. The summed E-state index contributed by atoms with van der Waals surface area (Å²) < 4.78 is 46.8. The van der Waals surface area contributed by atoms with E-state index < -0.39 is 76.3 Å². The second kappa shape index (κ2) is 14.3. The summed E-state index contributed by atoms with van der Waals surface area (Å²) >= 11 is 6.32. The summed E-state index contributed by atoms with van der Waals surface area (Å²) in [6, 6.07) is 25.0. The molecule has 8 rings (SSSR count). The van der Waals surface area contributed by atoms with Gasteiger partial charge < -0.3 is 9.84 Å². The molecule has 294 valence electrons. The average Bonchev–Trinajstić information content (AvgIpc) is 3.58. The minimum absolute atomic E-state index is 0.0197. The van der Waals surface area contributed by atoms with Crippen molar-refractivity contribution in [1.82, 2.24) is 15.0 Å². The van der Waals surface area contributed by atoms with Crippen LogP contribution >= 0.6 is 11.6 Å². The van der Waals surface area contributed by atoms with E-state index in [-0.39, 0.29) is 31.1 Å². The first kappa shape index (κ1) is 38.2. The monoisotopic (exact) mass is 799 g/mol. The molecular weight excluding hydrogens is 763 g/mol. The number of allylic oxidation sites excluding steroid dienone is 2. The first-order valence-corrected chi connectivity index (χ1v) is 18.8. The van der Waals surface area contributed by atoms with Gasteiger partial charge in [-0.25, -0.2) is 4.98 Å². The number of halogens is 4. The molecule has 1 aromatic heterocycles. The highest BCUT2D eigenvalue weighted by Crippen LogP contribution is 2.64. The zero-order valence-electron chi connectivity index (χ0n) is 30.7. The average molecular weight is 800 g/mol. The van der Waals surface area contributed by atoms with Crippen LogP contribution in [0.15, 0.2) is 103 Å². The number of hydrogen-bond donors (Lipinski definition) is 2. The van der Waals surface area contributed by atoms with Crippen LogP contribution in [0.1, 0.15) is 41.1 Å². The number of fused-ring (bicyclic) bond motifs is 4. The number of alkyl halides is 3. The van der Waals surface area contributed by atoms with Gasteiger partial charge in [0, 0.05) is 13.0 Å². The van der Waals surface area contributed by atoms with Crippen LogP contribution in [0.25, 0.3) is 0 Å². The zero-order valence-corrected chi connectivity index (χ0v) is 31.5. The predicted molar refractivity (Wildman–Crippen MR) is 202 cm³/mol. The van der Waals surface area contributed by atoms with Crippen LogP contribution in [0, 0.1) is 30.6 Å². The van der Waals surface area contributed by atoms with Crippen molar-refractivity contribution in [3.8, 4) is 5.75 Å². The first-order valence-electron chi connectivity index (χ1n) is 18.4. The van der Waals surface area contributed by atoms with Crippen molar-refractivity contribution in [2.45, 2.75) is 37.3 Å². The second-order valence-electron chi connectivity index (χ2n) is 14.7. The van der Waals surface area contributed by atoms with Crippen LogP contribution in [-0.2, 0) is 30.8 Å². The number of rotatable bonds is 9. The Morgan fingerprint density at radius 1 is 0.930 bits per heavy atom. The minimum Gasteiger partial charge on any atom is -0.491 e. The van der Waals surface area contributed by atoms with Crippen molar-refractivity contribution in [3.63, 3.8) is 0 Å². The molecule has 6 atom stereocenters. The van der Waals surface area contributed by atoms with Gasteiger partial charge in [0.2, 0.25) is 0 Å². The van der Waals surface area contributed by atoms with Crippen molar-refractivity contribution in [3.05, 3.63) is 130 Å². The van der Waals surface area contributed by atoms with Gasteiger partial charge in [-0.2, -0.15) is 23.2 Å². The van der Waals surface area contributed by atoms with Gasteiger partial charge >= 0.3 is 6.18 Å². The highest BCUT2D eigenvalue weighted by Gasteiger charge is 2.70. The van der Waals surface area contributed by atoms with Gasteiger partial charge in [0.25, 0.3) is 23.6 Å². The van der Waals surface area contributed by atoms with Crippen molar-refractivity contribution in [1.29, 1.82) is 0 Å². The molecule has 3 aromatic carbocycles. The Kier molecular flexibility index (Phi) is 9.60. The van der Waals surface area contributed by atoms with Gasteiger partial charge in [0.15, 0.2) is 5.82 Å². The molecule has 1 saturated carbocycles. The molecule has 2 N–H and O–H groups in total. The third kappa shape index (κ3) is 6.13. The molecule has 3 heterocycles. The van der Waals surface area contributed by atoms with Crippen LogP contribution in [0.5, 0.6) is 5.75 Å². The quantitative estimate of drug-likeness (QED) is 0.145. The standard InChI is InChI=1S/C42H37ClF3N5O6/c1-23-8-12-26(13-9-23)48-50-38(54)31-22-30-28(35(24-10-14-27(15-11-24)57-21-20-52)41(31,40(50)56)25-6-4-3-5-7-25)16-17-29-34(30)39(55)51(37(29)53)49(2)36-32(43)18-19-33(47-36)42(44,45)46/h3-16,18-19,29-31,34-35,48,52H,17,20-22H2,1-2H3/t29-,30+,31-,34-,35-,41+/m0/s1. The van der Waals surface area contributed by atoms with E-state index in [9.17, 15) is 32.7 Å². The van der Waals surface area contributed by atoms with Gasteiger partial charge in [-0.1, -0.05) is 83.4 Å². The van der Waals surface area contributed by atoms with Crippen LogP contribution in [0.4, 0.5) is 24.7 Å². The SMILES string of the molecule is Cc1ccc(NN2C(=O)[C@@H]3C[C@@H]4C(=CC[C@@H]5C(=O)N(N(C)c6nc(C(F)(F)F)ccc6Cl)C(=O)[C@@H]54)[C@H](c4ccc(OCCO)cc4)[C@]3(c3ccccc3)C2=O)cc1. The molecule has 57 heavy (non-hydrogen) atoms. The fourth-order valence-electron chi connectivity index (χ4n) is 9.23. The normalized spacial score (nSPS) is 25.5. The highest BCUT2D eigenvalue weighted by molar-refractivity contribution is 6.33. The lowest BCUT2D eigenvalue weighted by Crippen LogP contribution is -2.53. The van der Waals surface area contributed by atoms with Crippen LogP contribution < -0.4 is 15.2 Å². The number of carbonyl (C=O) groups excluding carboxylic acids is 4. The molecule has 0 bridgehead atoms. The fourth-order valence-corrected chi connectivity index (χ4v) is 9.46. The lowest BCUT2D eigenvalue weighted by molar-refractivity contribution is -0.142. The number of amides is 4. The molecule has 3 fully saturated rings. The van der Waals surface area contributed by atoms with Gasteiger partial charge in [-0.05, 0) is 73.2 Å². The van der Waals surface area contributed by atoms with Crippen LogP contribution in [0.3, 0.4) is 0 Å². The van der Waals surface area contributed by atoms with E-state index in [4.69, 9.17) is 16.3 Å². The summed E-state index contributed by atoms with van der Waals surface area (Å²) in [6.45, 7) is 1.78. The minimum atomic E-state index is -4.81. The summed E-state index contributed by atoms with van der Waals surface area (Å²) in [6.07, 6.45) is -2.82. The van der Waals surface area contributed by atoms with E-state index in [1.807, 2.05) is 43.3 Å². The highest BCUT2D eigenvalue weighted by atomic mass is 35.5. The van der Waals surface area contributed by atoms with Crippen LogP contribution in [-0.4, -0.2) is 64.0 Å². The van der Waals surface area contributed by atoms with E-state index in [0.717, 1.165) is 26.7 Å². The maximum atomic E-state index is 15.3. The van der Waals surface area contributed by atoms with Gasteiger partial charge in [-0.15, -0.1) is 0 Å². The number of imide groups is 2. The number of hydrogen-bond acceptors (Lipinski definition) is 9. The topological polar surface area (TPSA) is 132 Å². The summed E-state index contributed by atoms with van der Waals surface area (Å²) in [5.74, 6) is -6.76. The third-order valence-corrected chi connectivity index (χ3v) is 12.0. The molecule has 4 amide bonds. The predicted octanol–water partition coefficient (Wildman–Crippen LogP) is 6.47. The molecular formula is C42H37ClF3N5O6. The van der Waals surface area contributed by atoms with Gasteiger partial charge in [0.1, 0.15) is 18.1 Å². The Bertz CT molecular complexity index is 2290. The number of aliphatic hydroxyl groups excluding tert-OH is 1. The molecule has 15 heteroatoms. The Morgan fingerprint density at radius 2 is 1.63 bits per heavy atom. The lowest BCUT2D eigenvalue weighted by atomic mass is 9.49. The Balaban J connectivity index is 1.26. The Hall–Kier alpha value is -5.73. The summed E-state index contributed by atoms with van der Waals surface area (Å²) in [7, 11) is 1.26. The Labute approximate surface area is 330 Å². The van der Waals surface area contributed by atoms with Crippen LogP contribution in [0.2, 0.25) is 5.02 Å². The zero-order chi connectivity index (χ0) is 40.4. The van der Waals surface area contributed by atoms with Gasteiger partial charge in [0.05, 0.1) is 40.5 Å². The number of carbonyl (C=O) groups is 4. The van der Waals surface area contributed by atoms with Crippen molar-refractivity contribution < 1.29 is 42.2 Å². The second-order valence-corrected chi connectivity index (χ2v) is 15.2. The molecule has 4 aliphatic rings. The number of pyridine rings is 1. The largest absolute Gasteiger partial charge is 0.491 e. The number of aromatic nitrogens is 1. The maximum absolute atomic E-state index is 15.3. The maximum Gasteiger partial charge on any atom is 0.433 e. The number of benzene rings is 3. The van der Waals surface area contributed by atoms with E-state index in [1.54, 1.807) is 48.5 Å². The smallest absolute Gasteiger partial charge is 0.433 e. The molecule has 11 nitrogen and oxygen atoms in total. The number of aliphatic hydroxyl groups is 1. The molecule has 0 radical (unpaired) electrons. The summed E-state index contributed by atoms with van der Waals surface area (Å²) in [5.41, 5.74) is 3.74. The third-order valence-electron chi connectivity index (χ3n) is 11.7. The molecule has 2 aliphatic carbocycles. The number of aryl methyl sites for hydroxylation is 1. The van der Waals surface area contributed by atoms with E-state index in [2.05, 4.69) is 10.4 Å². The Morgan fingerprint density at radius 3 is 2.30 bits per heavy atom. The number of ether oxygens (including phenoxy) is 1. The van der Waals surface area contributed by atoms with E-state index >= 15 is 4.79 Å². The molecule has 4 aromatic rings. The number of anilines is 2. The molecule has 0 unspecified atom stereocenters. The first-order chi connectivity index (χ1) is 27.3. The molecule has 2 aliphatic heterocycles. The summed E-state index contributed by atoms with van der Waals surface area (Å²) in [5, 5.41) is 12.0. The molecule has 0 spiro atoms. The fraction of sp³-hybridized carbons (Fsp3) is 0.310.